The summed E-state index contributed by atoms with van der Waals surface area (Å²) in [5, 5.41) is 6.19. The van der Waals surface area contributed by atoms with Crippen LogP contribution in [0.1, 0.15) is 36.1 Å². The van der Waals surface area contributed by atoms with E-state index in [0.29, 0.717) is 11.1 Å². The van der Waals surface area contributed by atoms with Crippen LogP contribution in [-0.4, -0.2) is 19.0 Å². The van der Waals surface area contributed by atoms with Gasteiger partial charge in [-0.2, -0.15) is 0 Å². The number of benzene rings is 1. The summed E-state index contributed by atoms with van der Waals surface area (Å²) in [6.07, 6.45) is 0.889. The summed E-state index contributed by atoms with van der Waals surface area (Å²) < 4.78 is 13.6. The first-order valence-electron chi connectivity index (χ1n) is 6.76. The van der Waals surface area contributed by atoms with Crippen LogP contribution < -0.4 is 10.6 Å². The van der Waals surface area contributed by atoms with Crippen molar-refractivity contribution in [2.45, 2.75) is 33.2 Å². The van der Waals surface area contributed by atoms with Crippen LogP contribution in [0.5, 0.6) is 0 Å². The van der Waals surface area contributed by atoms with Crippen LogP contribution in [0.2, 0.25) is 0 Å². The molecule has 2 atom stereocenters. The van der Waals surface area contributed by atoms with Gasteiger partial charge in [0.05, 0.1) is 12.0 Å². The lowest BCUT2D eigenvalue weighted by Crippen LogP contribution is -2.33. The van der Waals surface area contributed by atoms with Crippen molar-refractivity contribution in [3.05, 3.63) is 34.6 Å². The van der Waals surface area contributed by atoms with Crippen LogP contribution in [0.25, 0.3) is 0 Å². The highest BCUT2D eigenvalue weighted by Gasteiger charge is 2.23. The average molecular weight is 301 g/mol. The molecule has 0 bridgehead atoms. The lowest BCUT2D eigenvalue weighted by molar-refractivity contribution is -0.125. The molecule has 0 aromatic heterocycles. The Morgan fingerprint density at radius 3 is 2.50 bits per heavy atom. The summed E-state index contributed by atoms with van der Waals surface area (Å²) >= 11 is 0. The minimum Gasteiger partial charge on any atom is -0.349 e. The first-order chi connectivity index (χ1) is 8.99. The van der Waals surface area contributed by atoms with Gasteiger partial charge in [-0.3, -0.25) is 4.79 Å². The largest absolute Gasteiger partial charge is 0.349 e. The van der Waals surface area contributed by atoms with Crippen molar-refractivity contribution in [1.29, 1.82) is 0 Å². The normalized spacial score (nSPS) is 19.3. The molecule has 20 heavy (non-hydrogen) atoms. The molecule has 2 rings (SSSR count). The van der Waals surface area contributed by atoms with Crippen molar-refractivity contribution in [2.75, 3.05) is 13.1 Å². The molecular formula is C15H22ClFN2O. The highest BCUT2D eigenvalue weighted by molar-refractivity contribution is 5.85. The van der Waals surface area contributed by atoms with E-state index in [1.807, 2.05) is 6.92 Å². The second kappa shape index (κ2) is 7.04. The second-order valence-corrected chi connectivity index (χ2v) is 5.39. The van der Waals surface area contributed by atoms with Crippen molar-refractivity contribution in [3.63, 3.8) is 0 Å². The van der Waals surface area contributed by atoms with Crippen LogP contribution in [-0.2, 0) is 4.79 Å². The van der Waals surface area contributed by atoms with Crippen LogP contribution in [0, 0.1) is 25.6 Å². The maximum absolute atomic E-state index is 13.6. The molecule has 0 spiro atoms. The van der Waals surface area contributed by atoms with Gasteiger partial charge in [0.2, 0.25) is 5.91 Å². The number of hydrogen-bond donors (Lipinski definition) is 2. The maximum atomic E-state index is 13.6. The standard InChI is InChI=1S/C15H21FN2O.ClH/c1-9-6-13(7-10(2)14(9)16)11(3)18-15(19)12-4-5-17-8-12;/h6-7,11-12,17H,4-5,8H2,1-3H3,(H,18,19);1H. The fourth-order valence-electron chi connectivity index (χ4n) is 2.52. The summed E-state index contributed by atoms with van der Waals surface area (Å²) in [6, 6.07) is 3.52. The van der Waals surface area contributed by atoms with Crippen molar-refractivity contribution in [3.8, 4) is 0 Å². The molecule has 1 fully saturated rings. The lowest BCUT2D eigenvalue weighted by atomic mass is 10.0. The Bertz CT molecular complexity index is 464. The van der Waals surface area contributed by atoms with E-state index in [0.717, 1.165) is 25.1 Å². The number of carbonyl (C=O) groups excluding carboxylic acids is 1. The summed E-state index contributed by atoms with van der Waals surface area (Å²) in [5.41, 5.74) is 2.20. The van der Waals surface area contributed by atoms with Crippen molar-refractivity contribution in [2.24, 2.45) is 5.92 Å². The molecule has 1 amide bonds. The molecule has 1 heterocycles. The molecule has 0 saturated carbocycles. The Hall–Kier alpha value is -1.13. The molecule has 1 aromatic carbocycles. The number of carbonyl (C=O) groups is 1. The Kier molecular flexibility index (Phi) is 5.96. The number of aryl methyl sites for hydroxylation is 2. The second-order valence-electron chi connectivity index (χ2n) is 5.39. The van der Waals surface area contributed by atoms with Crippen LogP contribution >= 0.6 is 12.4 Å². The first-order valence-corrected chi connectivity index (χ1v) is 6.76. The zero-order valence-electron chi connectivity index (χ0n) is 12.1. The van der Waals surface area contributed by atoms with Crippen LogP contribution in [0.15, 0.2) is 12.1 Å². The van der Waals surface area contributed by atoms with Gasteiger partial charge < -0.3 is 10.6 Å². The molecule has 1 saturated heterocycles. The summed E-state index contributed by atoms with van der Waals surface area (Å²) in [5.74, 6) is -0.0236. The Labute approximate surface area is 125 Å². The third kappa shape index (κ3) is 3.70. The van der Waals surface area contributed by atoms with Gasteiger partial charge in [0.1, 0.15) is 5.82 Å². The predicted octanol–water partition coefficient (Wildman–Crippen LogP) is 2.65. The monoisotopic (exact) mass is 300 g/mol. The van der Waals surface area contributed by atoms with Gasteiger partial charge in [0.15, 0.2) is 0 Å². The first kappa shape index (κ1) is 16.9. The Morgan fingerprint density at radius 1 is 1.40 bits per heavy atom. The average Bonchev–Trinajstić information content (AvgIpc) is 2.89. The third-order valence-corrected chi connectivity index (χ3v) is 3.75. The van der Waals surface area contributed by atoms with E-state index in [2.05, 4.69) is 10.6 Å². The fourth-order valence-corrected chi connectivity index (χ4v) is 2.52. The molecule has 3 nitrogen and oxygen atoms in total. The molecule has 112 valence electrons. The SMILES string of the molecule is Cc1cc(C(C)NC(=O)C2CCNC2)cc(C)c1F.Cl. The third-order valence-electron chi connectivity index (χ3n) is 3.75. The molecule has 0 aliphatic carbocycles. The van der Waals surface area contributed by atoms with Gasteiger partial charge in [0, 0.05) is 6.54 Å². The molecule has 2 N–H and O–H groups in total. The Balaban J connectivity index is 0.00000200. The lowest BCUT2D eigenvalue weighted by Gasteiger charge is -2.18. The number of nitrogens with one attached hydrogen (secondary N) is 2. The fraction of sp³-hybridized carbons (Fsp3) is 0.533. The molecule has 1 aromatic rings. The van der Waals surface area contributed by atoms with Gasteiger partial charge in [-0.15, -0.1) is 12.4 Å². The molecule has 5 heteroatoms. The number of halogens is 2. The van der Waals surface area contributed by atoms with E-state index >= 15 is 0 Å². The molecule has 2 unspecified atom stereocenters. The van der Waals surface area contributed by atoms with Crippen LogP contribution in [0.4, 0.5) is 4.39 Å². The van der Waals surface area contributed by atoms with E-state index in [1.165, 1.54) is 0 Å². The quantitative estimate of drug-likeness (QED) is 0.901. The molecule has 1 aliphatic heterocycles. The molecule has 1 aliphatic rings. The minimum atomic E-state index is -0.165. The number of amides is 1. The summed E-state index contributed by atoms with van der Waals surface area (Å²) in [6.45, 7) is 7.09. The van der Waals surface area contributed by atoms with E-state index in [4.69, 9.17) is 0 Å². The van der Waals surface area contributed by atoms with Crippen LogP contribution in [0.3, 0.4) is 0 Å². The van der Waals surface area contributed by atoms with Gasteiger partial charge >= 0.3 is 0 Å². The van der Waals surface area contributed by atoms with Gasteiger partial charge in [-0.25, -0.2) is 4.39 Å². The highest BCUT2D eigenvalue weighted by atomic mass is 35.5. The van der Waals surface area contributed by atoms with E-state index in [-0.39, 0.29) is 36.1 Å². The molecule has 0 radical (unpaired) electrons. The molecular weight excluding hydrogens is 279 g/mol. The zero-order chi connectivity index (χ0) is 14.0. The summed E-state index contributed by atoms with van der Waals surface area (Å²) in [4.78, 5) is 12.0. The highest BCUT2D eigenvalue weighted by Crippen LogP contribution is 2.20. The smallest absolute Gasteiger partial charge is 0.224 e. The van der Waals surface area contributed by atoms with Gasteiger partial charge in [-0.1, -0.05) is 12.1 Å². The number of hydrogen-bond acceptors (Lipinski definition) is 2. The predicted molar refractivity (Wildman–Crippen MR) is 80.7 cm³/mol. The van der Waals surface area contributed by atoms with Gasteiger partial charge in [0.25, 0.3) is 0 Å². The zero-order valence-corrected chi connectivity index (χ0v) is 12.9. The minimum absolute atomic E-state index is 0. The van der Waals surface area contributed by atoms with Gasteiger partial charge in [-0.05, 0) is 50.4 Å². The number of rotatable bonds is 3. The maximum Gasteiger partial charge on any atom is 0.224 e. The Morgan fingerprint density at radius 2 is 2.00 bits per heavy atom. The topological polar surface area (TPSA) is 41.1 Å². The van der Waals surface area contributed by atoms with Crippen molar-refractivity contribution < 1.29 is 9.18 Å². The van der Waals surface area contributed by atoms with Crippen molar-refractivity contribution in [1.82, 2.24) is 10.6 Å². The summed E-state index contributed by atoms with van der Waals surface area (Å²) in [7, 11) is 0. The van der Waals surface area contributed by atoms with E-state index < -0.39 is 0 Å². The van der Waals surface area contributed by atoms with E-state index in [1.54, 1.807) is 26.0 Å². The van der Waals surface area contributed by atoms with E-state index in [9.17, 15) is 9.18 Å². The van der Waals surface area contributed by atoms with Crippen molar-refractivity contribution >= 4 is 18.3 Å².